The molecule has 0 atom stereocenters. The molecule has 0 saturated carbocycles. The molecule has 0 aromatic heterocycles. The first-order valence-corrected chi connectivity index (χ1v) is 8.23. The fraction of sp³-hybridized carbons (Fsp3) is 0.278. The molecule has 1 amide bonds. The maximum atomic E-state index is 11.9. The molecule has 1 heterocycles. The van der Waals surface area contributed by atoms with E-state index in [4.69, 9.17) is 21.1 Å². The van der Waals surface area contributed by atoms with Crippen LogP contribution in [0.5, 0.6) is 11.5 Å². The second kappa shape index (κ2) is 8.04. The number of ether oxygens (including phenoxy) is 2. The Kier molecular flexibility index (Phi) is 5.56. The first-order chi connectivity index (χ1) is 11.7. The molecule has 6 heteroatoms. The van der Waals surface area contributed by atoms with Gasteiger partial charge in [-0.25, -0.2) is 0 Å². The predicted molar refractivity (Wildman–Crippen MR) is 93.8 cm³/mol. The summed E-state index contributed by atoms with van der Waals surface area (Å²) < 4.78 is 10.5. The van der Waals surface area contributed by atoms with Crippen molar-refractivity contribution in [1.29, 1.82) is 0 Å². The second-order valence-corrected chi connectivity index (χ2v) is 5.93. The van der Waals surface area contributed by atoms with Crippen LogP contribution in [-0.4, -0.2) is 25.8 Å². The van der Waals surface area contributed by atoms with Crippen molar-refractivity contribution in [2.75, 3.05) is 25.2 Å². The van der Waals surface area contributed by atoms with Gasteiger partial charge in [-0.1, -0.05) is 23.7 Å². The van der Waals surface area contributed by atoms with Crippen molar-refractivity contribution in [3.63, 3.8) is 0 Å². The number of halogens is 1. The third-order valence-electron chi connectivity index (χ3n) is 3.66. The zero-order chi connectivity index (χ0) is 16.8. The van der Waals surface area contributed by atoms with Crippen molar-refractivity contribution in [2.24, 2.45) is 0 Å². The number of benzene rings is 2. The molecule has 0 bridgehead atoms. The van der Waals surface area contributed by atoms with Crippen LogP contribution < -0.4 is 20.1 Å². The lowest BCUT2D eigenvalue weighted by Gasteiger charge is -2.07. The second-order valence-electron chi connectivity index (χ2n) is 5.50. The first-order valence-electron chi connectivity index (χ1n) is 7.85. The number of nitrogens with one attached hydrogen (secondary N) is 2. The van der Waals surface area contributed by atoms with Gasteiger partial charge in [-0.05, 0) is 42.8 Å². The third kappa shape index (κ3) is 4.63. The van der Waals surface area contributed by atoms with Gasteiger partial charge in [0.25, 0.3) is 0 Å². The van der Waals surface area contributed by atoms with E-state index in [-0.39, 0.29) is 12.7 Å². The van der Waals surface area contributed by atoms with Crippen LogP contribution in [0.4, 0.5) is 5.69 Å². The van der Waals surface area contributed by atoms with Crippen LogP contribution in [0.1, 0.15) is 12.0 Å². The minimum absolute atomic E-state index is 0.0379. The van der Waals surface area contributed by atoms with Gasteiger partial charge in [-0.3, -0.25) is 4.79 Å². The summed E-state index contributed by atoms with van der Waals surface area (Å²) in [5.41, 5.74) is 1.89. The lowest BCUT2D eigenvalue weighted by molar-refractivity contribution is -0.116. The molecule has 0 unspecified atom stereocenters. The summed E-state index contributed by atoms with van der Waals surface area (Å²) >= 11 is 5.95. The highest BCUT2D eigenvalue weighted by Crippen LogP contribution is 2.34. The molecule has 126 valence electrons. The summed E-state index contributed by atoms with van der Waals surface area (Å²) in [7, 11) is 0. The summed E-state index contributed by atoms with van der Waals surface area (Å²) in [6, 6.07) is 13.2. The number of anilines is 1. The standard InChI is InChI=1S/C18H19ClN2O3/c19-14-3-1-2-13(10-14)6-8-20-9-7-18(22)21-15-4-5-16-17(11-15)24-12-23-16/h1-5,10-11,20H,6-9,12H2,(H,21,22). The topological polar surface area (TPSA) is 59.6 Å². The van der Waals surface area contributed by atoms with E-state index in [2.05, 4.69) is 10.6 Å². The van der Waals surface area contributed by atoms with E-state index in [1.54, 1.807) is 18.2 Å². The minimum atomic E-state index is -0.0379. The Balaban J connectivity index is 1.35. The van der Waals surface area contributed by atoms with Crippen LogP contribution in [0, 0.1) is 0 Å². The number of carbonyl (C=O) groups is 1. The van der Waals surface area contributed by atoms with E-state index in [1.165, 1.54) is 5.56 Å². The normalized spacial score (nSPS) is 12.2. The maximum Gasteiger partial charge on any atom is 0.231 e. The average Bonchev–Trinajstić information content (AvgIpc) is 3.02. The van der Waals surface area contributed by atoms with Gasteiger partial charge >= 0.3 is 0 Å². The van der Waals surface area contributed by atoms with Crippen LogP contribution in [0.3, 0.4) is 0 Å². The zero-order valence-corrected chi connectivity index (χ0v) is 13.9. The molecule has 3 rings (SSSR count). The van der Waals surface area contributed by atoms with Gasteiger partial charge in [-0.15, -0.1) is 0 Å². The molecule has 0 spiro atoms. The van der Waals surface area contributed by atoms with E-state index in [9.17, 15) is 4.79 Å². The summed E-state index contributed by atoms with van der Waals surface area (Å²) in [5.74, 6) is 1.33. The van der Waals surface area contributed by atoms with E-state index in [0.29, 0.717) is 30.2 Å². The largest absolute Gasteiger partial charge is 0.454 e. The Labute approximate surface area is 145 Å². The van der Waals surface area contributed by atoms with Crippen molar-refractivity contribution in [3.8, 4) is 11.5 Å². The van der Waals surface area contributed by atoms with E-state index in [1.807, 2.05) is 24.3 Å². The fourth-order valence-corrected chi connectivity index (χ4v) is 2.66. The Morgan fingerprint density at radius 3 is 2.83 bits per heavy atom. The number of amides is 1. The molecular formula is C18H19ClN2O3. The van der Waals surface area contributed by atoms with E-state index >= 15 is 0 Å². The Morgan fingerprint density at radius 2 is 1.96 bits per heavy atom. The highest BCUT2D eigenvalue weighted by atomic mass is 35.5. The predicted octanol–water partition coefficient (Wildman–Crippen LogP) is 3.23. The number of fused-ring (bicyclic) bond motifs is 1. The molecular weight excluding hydrogens is 328 g/mol. The van der Waals surface area contributed by atoms with Crippen LogP contribution in [0.2, 0.25) is 5.02 Å². The van der Waals surface area contributed by atoms with Crippen LogP contribution >= 0.6 is 11.6 Å². The SMILES string of the molecule is O=C(CCNCCc1cccc(Cl)c1)Nc1ccc2c(c1)OCO2. The van der Waals surface area contributed by atoms with Crippen molar-refractivity contribution in [2.45, 2.75) is 12.8 Å². The number of rotatable bonds is 7. The Morgan fingerprint density at radius 1 is 1.08 bits per heavy atom. The molecule has 2 aromatic rings. The molecule has 1 aliphatic rings. The van der Waals surface area contributed by atoms with Gasteiger partial charge in [0.2, 0.25) is 12.7 Å². The summed E-state index contributed by atoms with van der Waals surface area (Å²) in [6.07, 6.45) is 1.29. The summed E-state index contributed by atoms with van der Waals surface area (Å²) in [4.78, 5) is 11.9. The molecule has 0 radical (unpaired) electrons. The van der Waals surface area contributed by atoms with Crippen LogP contribution in [-0.2, 0) is 11.2 Å². The molecule has 24 heavy (non-hydrogen) atoms. The average molecular weight is 347 g/mol. The lowest BCUT2D eigenvalue weighted by atomic mass is 10.1. The minimum Gasteiger partial charge on any atom is -0.454 e. The highest BCUT2D eigenvalue weighted by Gasteiger charge is 2.13. The van der Waals surface area contributed by atoms with E-state index in [0.717, 1.165) is 18.0 Å². The molecule has 1 aliphatic heterocycles. The Bertz CT molecular complexity index is 721. The van der Waals surface area contributed by atoms with Gasteiger partial charge in [0.05, 0.1) is 0 Å². The molecule has 2 aromatic carbocycles. The summed E-state index contributed by atoms with van der Waals surface area (Å²) in [5, 5.41) is 6.86. The number of hydrogen-bond acceptors (Lipinski definition) is 4. The van der Waals surface area contributed by atoms with Gasteiger partial charge in [-0.2, -0.15) is 0 Å². The molecule has 0 aliphatic carbocycles. The monoisotopic (exact) mass is 346 g/mol. The van der Waals surface area contributed by atoms with Crippen molar-refractivity contribution < 1.29 is 14.3 Å². The Hall–Kier alpha value is -2.24. The van der Waals surface area contributed by atoms with Crippen molar-refractivity contribution >= 4 is 23.2 Å². The fourth-order valence-electron chi connectivity index (χ4n) is 2.45. The first kappa shape index (κ1) is 16.6. The van der Waals surface area contributed by atoms with Gasteiger partial charge in [0, 0.05) is 29.7 Å². The lowest BCUT2D eigenvalue weighted by Crippen LogP contribution is -2.23. The molecule has 5 nitrogen and oxygen atoms in total. The van der Waals surface area contributed by atoms with Crippen molar-refractivity contribution in [3.05, 3.63) is 53.1 Å². The molecule has 2 N–H and O–H groups in total. The van der Waals surface area contributed by atoms with Crippen LogP contribution in [0.25, 0.3) is 0 Å². The third-order valence-corrected chi connectivity index (χ3v) is 3.90. The number of hydrogen-bond donors (Lipinski definition) is 2. The number of carbonyl (C=O) groups excluding carboxylic acids is 1. The maximum absolute atomic E-state index is 11.9. The quantitative estimate of drug-likeness (QED) is 0.756. The van der Waals surface area contributed by atoms with E-state index < -0.39 is 0 Å². The smallest absolute Gasteiger partial charge is 0.231 e. The van der Waals surface area contributed by atoms with Gasteiger partial charge in [0.15, 0.2) is 11.5 Å². The van der Waals surface area contributed by atoms with Crippen LogP contribution in [0.15, 0.2) is 42.5 Å². The molecule has 0 saturated heterocycles. The van der Waals surface area contributed by atoms with Gasteiger partial charge in [0.1, 0.15) is 0 Å². The molecule has 0 fully saturated rings. The zero-order valence-electron chi connectivity index (χ0n) is 13.2. The summed E-state index contributed by atoms with van der Waals surface area (Å²) in [6.45, 7) is 1.65. The van der Waals surface area contributed by atoms with Gasteiger partial charge < -0.3 is 20.1 Å². The van der Waals surface area contributed by atoms with Crippen molar-refractivity contribution in [1.82, 2.24) is 5.32 Å². The highest BCUT2D eigenvalue weighted by molar-refractivity contribution is 6.30.